The third kappa shape index (κ3) is 5.16. The molecule has 23 heavy (non-hydrogen) atoms. The van der Waals surface area contributed by atoms with Crippen molar-refractivity contribution in [3.8, 4) is 5.75 Å². The lowest BCUT2D eigenvalue weighted by atomic mass is 10.1. The van der Waals surface area contributed by atoms with Crippen LogP contribution in [-0.2, 0) is 11.2 Å². The van der Waals surface area contributed by atoms with Gasteiger partial charge in [0.25, 0.3) is 0 Å². The van der Waals surface area contributed by atoms with Crippen molar-refractivity contribution < 1.29 is 14.3 Å². The van der Waals surface area contributed by atoms with Crippen molar-refractivity contribution in [1.82, 2.24) is 10.2 Å². The van der Waals surface area contributed by atoms with E-state index in [-0.39, 0.29) is 24.0 Å². The zero-order chi connectivity index (χ0) is 16.8. The summed E-state index contributed by atoms with van der Waals surface area (Å²) < 4.78 is 5.59. The molecule has 0 spiro atoms. The van der Waals surface area contributed by atoms with Gasteiger partial charge in [0.1, 0.15) is 5.75 Å². The first kappa shape index (κ1) is 17.1. The van der Waals surface area contributed by atoms with Crippen molar-refractivity contribution in [1.29, 1.82) is 0 Å². The van der Waals surface area contributed by atoms with Gasteiger partial charge in [0.2, 0.25) is 5.91 Å². The fourth-order valence-electron chi connectivity index (χ4n) is 2.61. The SMILES string of the molecule is CC(C)Oc1ccc(CCNC(=O)N2CC[C@H](C(N)=O)C2)cc1. The summed E-state index contributed by atoms with van der Waals surface area (Å²) in [6.07, 6.45) is 1.56. The van der Waals surface area contributed by atoms with Gasteiger partial charge in [0.15, 0.2) is 0 Å². The molecule has 3 N–H and O–H groups in total. The van der Waals surface area contributed by atoms with Crippen LogP contribution in [0.5, 0.6) is 5.75 Å². The van der Waals surface area contributed by atoms with E-state index in [2.05, 4.69) is 5.32 Å². The summed E-state index contributed by atoms with van der Waals surface area (Å²) in [6, 6.07) is 7.75. The van der Waals surface area contributed by atoms with Crippen LogP contribution in [-0.4, -0.2) is 42.6 Å². The Morgan fingerprint density at radius 1 is 1.35 bits per heavy atom. The van der Waals surface area contributed by atoms with Gasteiger partial charge in [0.05, 0.1) is 12.0 Å². The molecule has 126 valence electrons. The van der Waals surface area contributed by atoms with E-state index in [1.165, 1.54) is 0 Å². The second-order valence-electron chi connectivity index (χ2n) is 6.13. The Labute approximate surface area is 137 Å². The molecule has 6 heteroatoms. The molecule has 6 nitrogen and oxygen atoms in total. The number of nitrogens with zero attached hydrogens (tertiary/aromatic N) is 1. The quantitative estimate of drug-likeness (QED) is 0.834. The molecule has 1 aliphatic heterocycles. The van der Waals surface area contributed by atoms with Gasteiger partial charge in [-0.1, -0.05) is 12.1 Å². The van der Waals surface area contributed by atoms with Gasteiger partial charge < -0.3 is 20.7 Å². The molecule has 1 aliphatic rings. The number of rotatable bonds is 6. The zero-order valence-corrected chi connectivity index (χ0v) is 13.7. The first-order valence-corrected chi connectivity index (χ1v) is 8.03. The van der Waals surface area contributed by atoms with Crippen molar-refractivity contribution in [2.45, 2.75) is 32.8 Å². The van der Waals surface area contributed by atoms with Crippen LogP contribution < -0.4 is 15.8 Å². The molecule has 3 amide bonds. The van der Waals surface area contributed by atoms with Crippen LogP contribution in [0.1, 0.15) is 25.8 Å². The summed E-state index contributed by atoms with van der Waals surface area (Å²) in [7, 11) is 0. The van der Waals surface area contributed by atoms with E-state index in [0.717, 1.165) is 17.7 Å². The highest BCUT2D eigenvalue weighted by molar-refractivity contribution is 5.80. The molecule has 1 heterocycles. The summed E-state index contributed by atoms with van der Waals surface area (Å²) in [5.41, 5.74) is 6.41. The van der Waals surface area contributed by atoms with E-state index in [1.807, 2.05) is 38.1 Å². The fraction of sp³-hybridized carbons (Fsp3) is 0.529. The second-order valence-corrected chi connectivity index (χ2v) is 6.13. The van der Waals surface area contributed by atoms with Gasteiger partial charge in [-0.15, -0.1) is 0 Å². The van der Waals surface area contributed by atoms with Gasteiger partial charge in [-0.3, -0.25) is 4.79 Å². The molecular formula is C17H25N3O3. The Hall–Kier alpha value is -2.24. The maximum absolute atomic E-state index is 12.0. The average molecular weight is 319 g/mol. The lowest BCUT2D eigenvalue weighted by Crippen LogP contribution is -2.40. The van der Waals surface area contributed by atoms with Gasteiger partial charge in [-0.05, 0) is 44.4 Å². The molecule has 0 saturated carbocycles. The van der Waals surface area contributed by atoms with Crippen LogP contribution in [0.2, 0.25) is 0 Å². The number of hydrogen-bond donors (Lipinski definition) is 2. The monoisotopic (exact) mass is 319 g/mol. The normalized spacial score (nSPS) is 17.3. The number of hydrogen-bond acceptors (Lipinski definition) is 3. The van der Waals surface area contributed by atoms with Gasteiger partial charge in [0, 0.05) is 19.6 Å². The minimum absolute atomic E-state index is 0.131. The summed E-state index contributed by atoms with van der Waals surface area (Å²) in [5, 5.41) is 2.88. The van der Waals surface area contributed by atoms with Crippen molar-refractivity contribution in [3.63, 3.8) is 0 Å². The third-order valence-electron chi connectivity index (χ3n) is 3.86. The standard InChI is InChI=1S/C17H25N3O3/c1-12(2)23-15-5-3-13(4-6-15)7-9-19-17(22)20-10-8-14(11-20)16(18)21/h3-6,12,14H,7-11H2,1-2H3,(H2,18,21)(H,19,22)/t14-/m0/s1. The van der Waals surface area contributed by atoms with E-state index in [9.17, 15) is 9.59 Å². The predicted octanol–water partition coefficient (Wildman–Crippen LogP) is 1.53. The molecule has 1 aromatic carbocycles. The minimum atomic E-state index is -0.330. The van der Waals surface area contributed by atoms with E-state index in [1.54, 1.807) is 4.90 Å². The van der Waals surface area contributed by atoms with Gasteiger partial charge in [-0.2, -0.15) is 0 Å². The molecule has 0 aliphatic carbocycles. The lowest BCUT2D eigenvalue weighted by Gasteiger charge is -2.17. The molecule has 2 rings (SSSR count). The van der Waals surface area contributed by atoms with Crippen LogP contribution in [0.25, 0.3) is 0 Å². The molecule has 0 bridgehead atoms. The molecular weight excluding hydrogens is 294 g/mol. The maximum Gasteiger partial charge on any atom is 0.317 e. The van der Waals surface area contributed by atoms with Crippen molar-refractivity contribution in [2.75, 3.05) is 19.6 Å². The number of carbonyl (C=O) groups excluding carboxylic acids is 2. The summed E-state index contributed by atoms with van der Waals surface area (Å²) in [5.74, 6) is 0.306. The highest BCUT2D eigenvalue weighted by Crippen LogP contribution is 2.16. The Morgan fingerprint density at radius 2 is 2.04 bits per heavy atom. The van der Waals surface area contributed by atoms with Crippen molar-refractivity contribution >= 4 is 11.9 Å². The van der Waals surface area contributed by atoms with Crippen LogP contribution in [0.3, 0.4) is 0 Å². The van der Waals surface area contributed by atoms with Crippen LogP contribution >= 0.6 is 0 Å². The highest BCUT2D eigenvalue weighted by Gasteiger charge is 2.29. The second kappa shape index (κ2) is 7.85. The lowest BCUT2D eigenvalue weighted by molar-refractivity contribution is -0.121. The number of nitrogens with two attached hydrogens (primary N) is 1. The molecule has 0 radical (unpaired) electrons. The first-order chi connectivity index (χ1) is 11.0. The van der Waals surface area contributed by atoms with Crippen molar-refractivity contribution in [2.24, 2.45) is 11.7 Å². The van der Waals surface area contributed by atoms with Crippen LogP contribution in [0.15, 0.2) is 24.3 Å². The molecule has 1 atom stereocenters. The number of ether oxygens (including phenoxy) is 1. The number of likely N-dealkylation sites (tertiary alicyclic amines) is 1. The number of nitrogens with one attached hydrogen (secondary N) is 1. The summed E-state index contributed by atoms with van der Waals surface area (Å²) >= 11 is 0. The Kier molecular flexibility index (Phi) is 5.84. The fourth-order valence-corrected chi connectivity index (χ4v) is 2.61. The number of carbonyl (C=O) groups is 2. The van der Waals surface area contributed by atoms with E-state index in [4.69, 9.17) is 10.5 Å². The molecule has 0 aromatic heterocycles. The van der Waals surface area contributed by atoms with Gasteiger partial charge in [-0.25, -0.2) is 4.79 Å². The predicted molar refractivity (Wildman–Crippen MR) is 88.2 cm³/mol. The smallest absolute Gasteiger partial charge is 0.317 e. The number of benzene rings is 1. The van der Waals surface area contributed by atoms with Crippen LogP contribution in [0, 0.1) is 5.92 Å². The summed E-state index contributed by atoms with van der Waals surface area (Å²) in [4.78, 5) is 24.8. The van der Waals surface area contributed by atoms with Gasteiger partial charge >= 0.3 is 6.03 Å². The topological polar surface area (TPSA) is 84.7 Å². The Morgan fingerprint density at radius 3 is 2.61 bits per heavy atom. The van der Waals surface area contributed by atoms with Crippen LogP contribution in [0.4, 0.5) is 4.79 Å². The minimum Gasteiger partial charge on any atom is -0.491 e. The highest BCUT2D eigenvalue weighted by atomic mass is 16.5. The molecule has 1 aromatic rings. The Balaban J connectivity index is 1.72. The molecule has 0 unspecified atom stereocenters. The van der Waals surface area contributed by atoms with E-state index >= 15 is 0 Å². The third-order valence-corrected chi connectivity index (χ3v) is 3.86. The first-order valence-electron chi connectivity index (χ1n) is 8.03. The number of amides is 3. The Bertz CT molecular complexity index is 543. The number of urea groups is 1. The average Bonchev–Trinajstić information content (AvgIpc) is 2.98. The van der Waals surface area contributed by atoms with E-state index in [0.29, 0.717) is 26.1 Å². The molecule has 1 saturated heterocycles. The van der Waals surface area contributed by atoms with Crippen molar-refractivity contribution in [3.05, 3.63) is 29.8 Å². The number of primary amides is 1. The zero-order valence-electron chi connectivity index (χ0n) is 13.7. The summed E-state index contributed by atoms with van der Waals surface area (Å²) in [6.45, 7) is 5.54. The maximum atomic E-state index is 12.0. The largest absolute Gasteiger partial charge is 0.491 e. The molecule has 1 fully saturated rings. The van der Waals surface area contributed by atoms with E-state index < -0.39 is 0 Å².